The van der Waals surface area contributed by atoms with Crippen molar-refractivity contribution in [3.8, 4) is 0 Å². The predicted octanol–water partition coefficient (Wildman–Crippen LogP) is 1.38. The summed E-state index contributed by atoms with van der Waals surface area (Å²) in [6, 6.07) is 9.06. The highest BCUT2D eigenvalue weighted by Crippen LogP contribution is 2.60. The van der Waals surface area contributed by atoms with Crippen LogP contribution in [-0.4, -0.2) is 75.0 Å². The maximum atomic E-state index is 13.9. The minimum atomic E-state index is -0.828. The molecule has 1 unspecified atom stereocenters. The first-order chi connectivity index (χ1) is 15.6. The van der Waals surface area contributed by atoms with Crippen LogP contribution in [0.3, 0.4) is 0 Å². The summed E-state index contributed by atoms with van der Waals surface area (Å²) in [6.45, 7) is 1.30. The zero-order valence-corrected chi connectivity index (χ0v) is 18.4. The molecule has 1 aromatic rings. The van der Waals surface area contributed by atoms with E-state index in [1.54, 1.807) is 9.80 Å². The molecule has 8 heteroatoms. The summed E-state index contributed by atoms with van der Waals surface area (Å²) in [6.07, 6.45) is 8.09. The van der Waals surface area contributed by atoms with Gasteiger partial charge < -0.3 is 19.6 Å². The molecule has 1 aromatic carbocycles. The van der Waals surface area contributed by atoms with Crippen molar-refractivity contribution in [3.05, 3.63) is 60.2 Å². The number of fused-ring (bicyclic) bond motifs is 2. The standard InChI is InChI=1S/C24H26N2O5S/c27-13-6-12-26-20-22(29)25(15-16-7-2-1-3-8-16)11-5-10-24(20)19(21(26)28)18-17(32-24)9-4-14-31-23(18)30/h1-5,7-10,17-20,27H,6,11-15H2/t17-,18+,19-,20?,24-/m0/s1. The number of hydrogen-bond donors (Lipinski definition) is 1. The van der Waals surface area contributed by atoms with Crippen molar-refractivity contribution in [2.45, 2.75) is 29.0 Å². The molecule has 0 aromatic heterocycles. The maximum absolute atomic E-state index is 13.9. The van der Waals surface area contributed by atoms with Gasteiger partial charge in [-0.15, -0.1) is 11.8 Å². The Balaban J connectivity index is 1.55. The minimum absolute atomic E-state index is 0.0735. The molecule has 1 N–H and O–H groups in total. The number of aliphatic hydroxyl groups excluding tert-OH is 1. The highest BCUT2D eigenvalue weighted by atomic mass is 32.2. The van der Waals surface area contributed by atoms with Crippen LogP contribution in [0.5, 0.6) is 0 Å². The summed E-state index contributed by atoms with van der Waals surface area (Å²) in [5.74, 6) is -1.97. The number of aliphatic hydroxyl groups is 1. The Morgan fingerprint density at radius 2 is 1.94 bits per heavy atom. The van der Waals surface area contributed by atoms with E-state index in [9.17, 15) is 19.5 Å². The quantitative estimate of drug-likeness (QED) is 0.534. The van der Waals surface area contributed by atoms with Crippen molar-refractivity contribution in [1.82, 2.24) is 9.80 Å². The van der Waals surface area contributed by atoms with Gasteiger partial charge in [-0.2, -0.15) is 0 Å². The normalized spacial score (nSPS) is 33.5. The molecule has 0 saturated carbocycles. The third-order valence-corrected chi connectivity index (χ3v) is 8.51. The fourth-order valence-electron chi connectivity index (χ4n) is 5.44. The SMILES string of the molecule is O=C1OCC=C[C@@H]2S[C@]34C=CCN(Cc5ccccc5)C(=O)C3N(CCCO)C(=O)[C@@H]4[C@H]12. The van der Waals surface area contributed by atoms with Gasteiger partial charge in [0.25, 0.3) is 0 Å². The van der Waals surface area contributed by atoms with Gasteiger partial charge in [-0.1, -0.05) is 54.6 Å². The van der Waals surface area contributed by atoms with E-state index in [0.717, 1.165) is 5.56 Å². The van der Waals surface area contributed by atoms with Crippen molar-refractivity contribution in [2.75, 3.05) is 26.3 Å². The molecule has 2 amide bonds. The molecule has 168 valence electrons. The Morgan fingerprint density at radius 3 is 2.72 bits per heavy atom. The monoisotopic (exact) mass is 454 g/mol. The van der Waals surface area contributed by atoms with Crippen molar-refractivity contribution >= 4 is 29.5 Å². The average Bonchev–Trinajstić information content (AvgIpc) is 3.09. The molecular formula is C24H26N2O5S. The largest absolute Gasteiger partial charge is 0.461 e. The number of nitrogens with zero attached hydrogens (tertiary/aromatic N) is 2. The van der Waals surface area contributed by atoms with E-state index in [0.29, 0.717) is 19.5 Å². The lowest BCUT2D eigenvalue weighted by Gasteiger charge is -2.35. The first kappa shape index (κ1) is 21.3. The lowest BCUT2D eigenvalue weighted by atomic mass is 9.78. The van der Waals surface area contributed by atoms with Crippen LogP contribution in [0.1, 0.15) is 12.0 Å². The van der Waals surface area contributed by atoms with Gasteiger partial charge in [0.05, 0.1) is 16.6 Å². The van der Waals surface area contributed by atoms with E-state index in [2.05, 4.69) is 0 Å². The molecule has 0 radical (unpaired) electrons. The van der Waals surface area contributed by atoms with Crippen LogP contribution in [0.15, 0.2) is 54.6 Å². The summed E-state index contributed by atoms with van der Waals surface area (Å²) >= 11 is 1.53. The molecule has 5 atom stereocenters. The molecular weight excluding hydrogens is 428 g/mol. The highest BCUT2D eigenvalue weighted by molar-refractivity contribution is 8.02. The number of likely N-dealkylation sites (tertiary alicyclic amines) is 1. The molecule has 0 aliphatic carbocycles. The Morgan fingerprint density at radius 1 is 1.12 bits per heavy atom. The van der Waals surface area contributed by atoms with Gasteiger partial charge in [0.15, 0.2) is 0 Å². The topological polar surface area (TPSA) is 87.2 Å². The van der Waals surface area contributed by atoms with E-state index in [-0.39, 0.29) is 42.8 Å². The van der Waals surface area contributed by atoms with Gasteiger partial charge in [-0.3, -0.25) is 14.4 Å². The third-order valence-electron chi connectivity index (χ3n) is 6.77. The van der Waals surface area contributed by atoms with Crippen LogP contribution in [0.2, 0.25) is 0 Å². The zero-order valence-electron chi connectivity index (χ0n) is 17.6. The molecule has 5 rings (SSSR count). The van der Waals surface area contributed by atoms with Crippen LogP contribution in [-0.2, 0) is 25.7 Å². The first-order valence-electron chi connectivity index (χ1n) is 11.0. The number of rotatable bonds is 5. The number of hydrogen-bond acceptors (Lipinski definition) is 6. The van der Waals surface area contributed by atoms with Gasteiger partial charge in [0.1, 0.15) is 12.6 Å². The number of carbonyl (C=O) groups excluding carboxylic acids is 3. The number of esters is 1. The molecule has 7 nitrogen and oxygen atoms in total. The molecule has 1 spiro atoms. The Labute approximate surface area is 191 Å². The third kappa shape index (κ3) is 3.28. The molecule has 2 saturated heterocycles. The fourth-order valence-corrected chi connectivity index (χ4v) is 7.44. The summed E-state index contributed by atoms with van der Waals surface area (Å²) in [7, 11) is 0. The summed E-state index contributed by atoms with van der Waals surface area (Å²) < 4.78 is 4.53. The van der Waals surface area contributed by atoms with Crippen molar-refractivity contribution in [1.29, 1.82) is 0 Å². The fraction of sp³-hybridized carbons (Fsp3) is 0.458. The second-order valence-corrected chi connectivity index (χ2v) is 10.1. The summed E-state index contributed by atoms with van der Waals surface area (Å²) in [5, 5.41) is 9.20. The van der Waals surface area contributed by atoms with Crippen molar-refractivity contribution in [2.24, 2.45) is 11.8 Å². The Kier molecular flexibility index (Phi) is 5.59. The predicted molar refractivity (Wildman–Crippen MR) is 119 cm³/mol. The number of cyclic esters (lactones) is 1. The van der Waals surface area contributed by atoms with E-state index >= 15 is 0 Å². The second-order valence-electron chi connectivity index (χ2n) is 8.62. The number of thioether (sulfide) groups is 1. The molecule has 4 aliphatic heterocycles. The van der Waals surface area contributed by atoms with E-state index in [1.165, 1.54) is 11.8 Å². The van der Waals surface area contributed by atoms with Crippen LogP contribution in [0.25, 0.3) is 0 Å². The highest BCUT2D eigenvalue weighted by Gasteiger charge is 2.70. The second kappa shape index (κ2) is 8.41. The minimum Gasteiger partial charge on any atom is -0.461 e. The first-order valence-corrected chi connectivity index (χ1v) is 11.9. The molecule has 0 bridgehead atoms. The van der Waals surface area contributed by atoms with Gasteiger partial charge in [0.2, 0.25) is 11.8 Å². The average molecular weight is 455 g/mol. The number of benzene rings is 1. The summed E-state index contributed by atoms with van der Waals surface area (Å²) in [4.78, 5) is 43.8. The Hall–Kier alpha value is -2.58. The van der Waals surface area contributed by atoms with Crippen LogP contribution in [0.4, 0.5) is 0 Å². The number of ether oxygens (including phenoxy) is 1. The van der Waals surface area contributed by atoms with Gasteiger partial charge in [-0.05, 0) is 12.0 Å². The zero-order chi connectivity index (χ0) is 22.3. The van der Waals surface area contributed by atoms with Crippen LogP contribution < -0.4 is 0 Å². The van der Waals surface area contributed by atoms with E-state index in [4.69, 9.17) is 4.74 Å². The number of carbonyl (C=O) groups is 3. The molecule has 32 heavy (non-hydrogen) atoms. The van der Waals surface area contributed by atoms with Gasteiger partial charge >= 0.3 is 5.97 Å². The smallest absolute Gasteiger partial charge is 0.311 e. The van der Waals surface area contributed by atoms with E-state index < -0.39 is 22.6 Å². The molecule has 4 heterocycles. The molecule has 4 aliphatic rings. The van der Waals surface area contributed by atoms with Crippen molar-refractivity contribution in [3.63, 3.8) is 0 Å². The lowest BCUT2D eigenvalue weighted by molar-refractivity contribution is -0.151. The molecule has 2 fully saturated rings. The lowest BCUT2D eigenvalue weighted by Crippen LogP contribution is -2.53. The van der Waals surface area contributed by atoms with Crippen molar-refractivity contribution < 1.29 is 24.2 Å². The van der Waals surface area contributed by atoms with Gasteiger partial charge in [-0.25, -0.2) is 0 Å². The Bertz CT molecular complexity index is 980. The number of amides is 2. The van der Waals surface area contributed by atoms with Crippen LogP contribution >= 0.6 is 11.8 Å². The maximum Gasteiger partial charge on any atom is 0.311 e. The van der Waals surface area contributed by atoms with Gasteiger partial charge in [0, 0.05) is 31.5 Å². The summed E-state index contributed by atoms with van der Waals surface area (Å²) in [5.41, 5.74) is 1.02. The van der Waals surface area contributed by atoms with E-state index in [1.807, 2.05) is 54.6 Å². The van der Waals surface area contributed by atoms with Crippen LogP contribution in [0, 0.1) is 11.8 Å².